The molecule has 4 nitrogen and oxygen atoms in total. The fourth-order valence-electron chi connectivity index (χ4n) is 2.19. The summed E-state index contributed by atoms with van der Waals surface area (Å²) in [4.78, 5) is 4.50. The van der Waals surface area contributed by atoms with Gasteiger partial charge in [0.25, 0.3) is 0 Å². The fraction of sp³-hybridized carbons (Fsp3) is 0.538. The minimum atomic E-state index is -3.36. The second-order valence-electron chi connectivity index (χ2n) is 5.15. The summed E-state index contributed by atoms with van der Waals surface area (Å²) in [6, 6.07) is 4.05. The molecule has 0 radical (unpaired) electrons. The third-order valence-corrected chi connectivity index (χ3v) is 4.45. The summed E-state index contributed by atoms with van der Waals surface area (Å²) in [5.74, 6) is -0.493. The second kappa shape index (κ2) is 5.56. The molecule has 1 heterocycles. The standard InChI is InChI=1S/C13H19FN2O2S/c1-15-3-5-16(6-4-15)10-11-7-12(14)9-13(8-11)19(2,17)18/h7-9H,3-6,10H2,1-2H3. The van der Waals surface area contributed by atoms with Crippen LogP contribution in [0.15, 0.2) is 23.1 Å². The number of halogens is 1. The van der Waals surface area contributed by atoms with E-state index in [9.17, 15) is 12.8 Å². The van der Waals surface area contributed by atoms with Crippen LogP contribution in [-0.2, 0) is 16.4 Å². The predicted molar refractivity (Wildman–Crippen MR) is 72.3 cm³/mol. The van der Waals surface area contributed by atoms with E-state index in [1.165, 1.54) is 6.07 Å². The molecule has 0 atom stereocenters. The molecule has 1 aliphatic rings. The summed E-state index contributed by atoms with van der Waals surface area (Å²) in [6.45, 7) is 4.39. The smallest absolute Gasteiger partial charge is 0.175 e. The SMILES string of the molecule is CN1CCN(Cc2cc(F)cc(S(C)(=O)=O)c2)CC1. The predicted octanol–water partition coefficient (Wildman–Crippen LogP) is 0.977. The first-order chi connectivity index (χ1) is 8.84. The number of likely N-dealkylation sites (N-methyl/N-ethyl adjacent to an activating group) is 1. The van der Waals surface area contributed by atoms with Crippen LogP contribution < -0.4 is 0 Å². The Bertz CT molecular complexity index is 552. The average Bonchev–Trinajstić information content (AvgIpc) is 2.30. The Morgan fingerprint density at radius 2 is 1.79 bits per heavy atom. The van der Waals surface area contributed by atoms with Gasteiger partial charge in [-0.25, -0.2) is 12.8 Å². The van der Waals surface area contributed by atoms with Gasteiger partial charge in [-0.3, -0.25) is 4.90 Å². The Balaban J connectivity index is 2.14. The van der Waals surface area contributed by atoms with Gasteiger partial charge in [-0.2, -0.15) is 0 Å². The fourth-order valence-corrected chi connectivity index (χ4v) is 2.88. The molecular formula is C13H19FN2O2S. The van der Waals surface area contributed by atoms with E-state index in [1.54, 1.807) is 6.07 Å². The molecule has 1 saturated heterocycles. The van der Waals surface area contributed by atoms with Crippen molar-refractivity contribution < 1.29 is 12.8 Å². The van der Waals surface area contributed by atoms with Crippen LogP contribution in [0.3, 0.4) is 0 Å². The molecule has 19 heavy (non-hydrogen) atoms. The molecule has 2 rings (SSSR count). The van der Waals surface area contributed by atoms with E-state index in [2.05, 4.69) is 16.8 Å². The van der Waals surface area contributed by atoms with E-state index >= 15 is 0 Å². The van der Waals surface area contributed by atoms with Crippen molar-refractivity contribution >= 4 is 9.84 Å². The molecule has 6 heteroatoms. The van der Waals surface area contributed by atoms with E-state index in [1.807, 2.05) is 0 Å². The lowest BCUT2D eigenvalue weighted by Crippen LogP contribution is -2.43. The van der Waals surface area contributed by atoms with E-state index in [0.717, 1.165) is 38.5 Å². The molecule has 0 aromatic heterocycles. The molecule has 0 bridgehead atoms. The van der Waals surface area contributed by atoms with Crippen molar-refractivity contribution in [2.24, 2.45) is 0 Å². The van der Waals surface area contributed by atoms with Crippen LogP contribution in [0.4, 0.5) is 4.39 Å². The third-order valence-electron chi connectivity index (χ3n) is 3.36. The van der Waals surface area contributed by atoms with E-state index < -0.39 is 15.7 Å². The number of hydrogen-bond donors (Lipinski definition) is 0. The van der Waals surface area contributed by atoms with Gasteiger partial charge in [0.1, 0.15) is 5.82 Å². The highest BCUT2D eigenvalue weighted by molar-refractivity contribution is 7.90. The van der Waals surface area contributed by atoms with Crippen LogP contribution in [0.1, 0.15) is 5.56 Å². The number of benzene rings is 1. The lowest BCUT2D eigenvalue weighted by Gasteiger charge is -2.32. The van der Waals surface area contributed by atoms with E-state index in [0.29, 0.717) is 12.1 Å². The minimum absolute atomic E-state index is 0.0524. The van der Waals surface area contributed by atoms with Gasteiger partial charge in [0, 0.05) is 39.0 Å². The maximum absolute atomic E-state index is 13.5. The highest BCUT2D eigenvalue weighted by Crippen LogP contribution is 2.16. The number of sulfone groups is 1. The Labute approximate surface area is 113 Å². The van der Waals surface area contributed by atoms with Crippen molar-refractivity contribution in [1.29, 1.82) is 0 Å². The summed E-state index contributed by atoms with van der Waals surface area (Å²) in [7, 11) is -1.29. The summed E-state index contributed by atoms with van der Waals surface area (Å²) < 4.78 is 36.5. The van der Waals surface area contributed by atoms with Gasteiger partial charge in [-0.1, -0.05) is 0 Å². The molecule has 1 aromatic carbocycles. The lowest BCUT2D eigenvalue weighted by atomic mass is 10.2. The van der Waals surface area contributed by atoms with Crippen LogP contribution in [-0.4, -0.2) is 57.7 Å². The summed E-state index contributed by atoms with van der Waals surface area (Å²) in [5.41, 5.74) is 0.713. The molecule has 1 aliphatic heterocycles. The van der Waals surface area contributed by atoms with Gasteiger partial charge in [0.15, 0.2) is 9.84 Å². The second-order valence-corrected chi connectivity index (χ2v) is 7.16. The Hall–Kier alpha value is -0.980. The number of hydrogen-bond acceptors (Lipinski definition) is 4. The quantitative estimate of drug-likeness (QED) is 0.830. The summed E-state index contributed by atoms with van der Waals surface area (Å²) in [5, 5.41) is 0. The monoisotopic (exact) mass is 286 g/mol. The number of nitrogens with zero attached hydrogens (tertiary/aromatic N) is 2. The third kappa shape index (κ3) is 3.99. The molecular weight excluding hydrogens is 267 g/mol. The number of piperazine rings is 1. The van der Waals surface area contributed by atoms with E-state index in [-0.39, 0.29) is 4.90 Å². The first kappa shape index (κ1) is 14.4. The summed E-state index contributed by atoms with van der Waals surface area (Å²) in [6.07, 6.45) is 1.10. The highest BCUT2D eigenvalue weighted by atomic mass is 32.2. The first-order valence-corrected chi connectivity index (χ1v) is 8.14. The van der Waals surface area contributed by atoms with Gasteiger partial charge >= 0.3 is 0 Å². The average molecular weight is 286 g/mol. The Kier molecular flexibility index (Phi) is 4.23. The van der Waals surface area contributed by atoms with Crippen LogP contribution in [0.5, 0.6) is 0 Å². The van der Waals surface area contributed by atoms with Crippen molar-refractivity contribution in [3.8, 4) is 0 Å². The molecule has 0 saturated carbocycles. The molecule has 1 fully saturated rings. The van der Waals surface area contributed by atoms with Crippen molar-refractivity contribution in [2.45, 2.75) is 11.4 Å². The molecule has 0 aliphatic carbocycles. The zero-order chi connectivity index (χ0) is 14.0. The van der Waals surface area contributed by atoms with Gasteiger partial charge in [0.05, 0.1) is 4.90 Å². The normalized spacial score (nSPS) is 18.7. The van der Waals surface area contributed by atoms with E-state index in [4.69, 9.17) is 0 Å². The van der Waals surface area contributed by atoms with Crippen LogP contribution in [0.2, 0.25) is 0 Å². The van der Waals surface area contributed by atoms with Crippen molar-refractivity contribution in [3.05, 3.63) is 29.6 Å². The molecule has 106 valence electrons. The Morgan fingerprint density at radius 1 is 1.16 bits per heavy atom. The molecule has 1 aromatic rings. The zero-order valence-electron chi connectivity index (χ0n) is 11.3. The van der Waals surface area contributed by atoms with Crippen molar-refractivity contribution in [2.75, 3.05) is 39.5 Å². The van der Waals surface area contributed by atoms with Crippen molar-refractivity contribution in [1.82, 2.24) is 9.80 Å². The van der Waals surface area contributed by atoms with Crippen LogP contribution in [0.25, 0.3) is 0 Å². The lowest BCUT2D eigenvalue weighted by molar-refractivity contribution is 0.148. The molecule has 0 spiro atoms. The molecule has 0 N–H and O–H groups in total. The maximum Gasteiger partial charge on any atom is 0.175 e. The topological polar surface area (TPSA) is 40.6 Å². The van der Waals surface area contributed by atoms with Gasteiger partial charge in [0.2, 0.25) is 0 Å². The van der Waals surface area contributed by atoms with Crippen LogP contribution in [0, 0.1) is 5.82 Å². The Morgan fingerprint density at radius 3 is 2.37 bits per heavy atom. The van der Waals surface area contributed by atoms with Gasteiger partial charge in [-0.15, -0.1) is 0 Å². The summed E-state index contributed by atoms with van der Waals surface area (Å²) >= 11 is 0. The molecule has 0 amide bonds. The highest BCUT2D eigenvalue weighted by Gasteiger charge is 2.16. The maximum atomic E-state index is 13.5. The minimum Gasteiger partial charge on any atom is -0.304 e. The first-order valence-electron chi connectivity index (χ1n) is 6.25. The largest absolute Gasteiger partial charge is 0.304 e. The van der Waals surface area contributed by atoms with Gasteiger partial charge in [-0.05, 0) is 30.8 Å². The molecule has 0 unspecified atom stereocenters. The number of rotatable bonds is 3. The van der Waals surface area contributed by atoms with Crippen molar-refractivity contribution in [3.63, 3.8) is 0 Å². The zero-order valence-corrected chi connectivity index (χ0v) is 12.1. The van der Waals surface area contributed by atoms with Crippen LogP contribution >= 0.6 is 0 Å². The van der Waals surface area contributed by atoms with Gasteiger partial charge < -0.3 is 4.90 Å².